The molecular weight excluding hydrogens is 222 g/mol. The van der Waals surface area contributed by atoms with Gasteiger partial charge >= 0.3 is 7.60 Å². The summed E-state index contributed by atoms with van der Waals surface area (Å²) in [5.41, 5.74) is 0. The number of ketones is 1. The second-order valence-corrected chi connectivity index (χ2v) is 4.98. The summed E-state index contributed by atoms with van der Waals surface area (Å²) in [5.74, 6) is -2.87. The molecular formula is C9H18FO4P. The van der Waals surface area contributed by atoms with Crippen molar-refractivity contribution in [3.63, 3.8) is 0 Å². The van der Waals surface area contributed by atoms with Crippen LogP contribution in [0.3, 0.4) is 0 Å². The smallest absolute Gasteiger partial charge is 0.307 e. The van der Waals surface area contributed by atoms with Crippen molar-refractivity contribution in [2.24, 2.45) is 0 Å². The van der Waals surface area contributed by atoms with E-state index in [9.17, 15) is 13.8 Å². The van der Waals surface area contributed by atoms with E-state index in [-0.39, 0.29) is 19.6 Å². The van der Waals surface area contributed by atoms with Crippen molar-refractivity contribution in [2.75, 3.05) is 13.2 Å². The van der Waals surface area contributed by atoms with Gasteiger partial charge in [0.1, 0.15) is 0 Å². The fourth-order valence-corrected chi connectivity index (χ4v) is 2.61. The summed E-state index contributed by atoms with van der Waals surface area (Å²) in [6, 6.07) is 0. The number of carbonyl (C=O) groups is 1. The highest BCUT2D eigenvalue weighted by Crippen LogP contribution is 2.54. The van der Waals surface area contributed by atoms with Gasteiger partial charge in [0.2, 0.25) is 0 Å². The highest BCUT2D eigenvalue weighted by molar-refractivity contribution is 7.55. The molecule has 0 saturated heterocycles. The van der Waals surface area contributed by atoms with E-state index in [0.29, 0.717) is 6.42 Å². The van der Waals surface area contributed by atoms with E-state index in [2.05, 4.69) is 0 Å². The van der Waals surface area contributed by atoms with Crippen LogP contribution in [0.15, 0.2) is 0 Å². The van der Waals surface area contributed by atoms with Gasteiger partial charge in [-0.3, -0.25) is 9.36 Å². The van der Waals surface area contributed by atoms with Crippen molar-refractivity contribution in [2.45, 2.75) is 39.5 Å². The van der Waals surface area contributed by atoms with Crippen LogP contribution >= 0.6 is 7.60 Å². The van der Waals surface area contributed by atoms with Gasteiger partial charge in [0, 0.05) is 6.42 Å². The minimum atomic E-state index is -3.91. The number of hydrogen-bond donors (Lipinski definition) is 0. The molecule has 0 aliphatic carbocycles. The monoisotopic (exact) mass is 240 g/mol. The largest absolute Gasteiger partial charge is 0.372 e. The van der Waals surface area contributed by atoms with Gasteiger partial charge in [0.15, 0.2) is 5.78 Å². The topological polar surface area (TPSA) is 52.6 Å². The van der Waals surface area contributed by atoms with Gasteiger partial charge in [-0.2, -0.15) is 0 Å². The Balaban J connectivity index is 4.60. The van der Waals surface area contributed by atoms with E-state index in [1.54, 1.807) is 20.8 Å². The zero-order valence-corrected chi connectivity index (χ0v) is 10.3. The highest BCUT2D eigenvalue weighted by Gasteiger charge is 2.40. The molecule has 1 atom stereocenters. The lowest BCUT2D eigenvalue weighted by Gasteiger charge is -2.19. The van der Waals surface area contributed by atoms with Crippen molar-refractivity contribution < 1.29 is 22.8 Å². The van der Waals surface area contributed by atoms with Crippen LogP contribution in [0.5, 0.6) is 0 Å². The molecule has 0 aromatic rings. The highest BCUT2D eigenvalue weighted by atomic mass is 31.2. The maximum absolute atomic E-state index is 13.5. The Bertz CT molecular complexity index is 234. The molecule has 0 aliphatic rings. The normalized spacial score (nSPS) is 13.9. The summed E-state index contributed by atoms with van der Waals surface area (Å²) < 4.78 is 34.8. The van der Waals surface area contributed by atoms with Crippen LogP contribution < -0.4 is 0 Å². The van der Waals surface area contributed by atoms with Gasteiger partial charge in [-0.25, -0.2) is 4.39 Å². The molecule has 0 aromatic carbocycles. The zero-order chi connectivity index (χ0) is 11.9. The first-order chi connectivity index (χ1) is 7.01. The van der Waals surface area contributed by atoms with Gasteiger partial charge < -0.3 is 9.05 Å². The van der Waals surface area contributed by atoms with E-state index < -0.39 is 19.3 Å². The third kappa shape index (κ3) is 4.41. The number of halogens is 1. The maximum Gasteiger partial charge on any atom is 0.372 e. The lowest BCUT2D eigenvalue weighted by Crippen LogP contribution is -2.18. The molecule has 0 bridgehead atoms. The maximum atomic E-state index is 13.5. The first-order valence-electron chi connectivity index (χ1n) is 5.07. The summed E-state index contributed by atoms with van der Waals surface area (Å²) in [7, 11) is -3.91. The number of Topliss-reactive ketones (excluding diaryl/α,β-unsaturated/α-hetero) is 1. The molecule has 90 valence electrons. The lowest BCUT2D eigenvalue weighted by molar-refractivity contribution is -0.121. The quantitative estimate of drug-likeness (QED) is 0.612. The van der Waals surface area contributed by atoms with Crippen molar-refractivity contribution in [1.82, 2.24) is 0 Å². The SMILES string of the molecule is CCCC(=O)C(F)P(=O)(OCC)OCC. The Morgan fingerprint density at radius 1 is 1.27 bits per heavy atom. The average Bonchev–Trinajstić information content (AvgIpc) is 2.17. The molecule has 1 unspecified atom stereocenters. The summed E-state index contributed by atoms with van der Waals surface area (Å²) in [4.78, 5) is 11.2. The number of carbonyl (C=O) groups excluding carboxylic acids is 1. The average molecular weight is 240 g/mol. The molecule has 0 heterocycles. The van der Waals surface area contributed by atoms with Gasteiger partial charge in [-0.05, 0) is 20.3 Å². The van der Waals surface area contributed by atoms with Gasteiger partial charge in [0.05, 0.1) is 13.2 Å². The fourth-order valence-electron chi connectivity index (χ4n) is 1.07. The van der Waals surface area contributed by atoms with E-state index >= 15 is 0 Å². The standard InChI is InChI=1S/C9H18FO4P/c1-4-7-8(11)9(10)15(12,13-5-2)14-6-3/h9H,4-7H2,1-3H3. The molecule has 6 heteroatoms. The molecule has 0 aromatic heterocycles. The Labute approximate surface area is 89.7 Å². The third-order valence-electron chi connectivity index (χ3n) is 1.66. The van der Waals surface area contributed by atoms with Crippen molar-refractivity contribution >= 4 is 13.4 Å². The van der Waals surface area contributed by atoms with E-state index in [4.69, 9.17) is 9.05 Å². The predicted octanol–water partition coefficient (Wildman–Crippen LogP) is 2.92. The molecule has 0 rings (SSSR count). The van der Waals surface area contributed by atoms with Crippen molar-refractivity contribution in [1.29, 1.82) is 0 Å². The second-order valence-electron chi connectivity index (χ2n) is 2.93. The molecule has 0 fully saturated rings. The second kappa shape index (κ2) is 7.09. The minimum absolute atomic E-state index is 0.0469. The molecule has 0 N–H and O–H groups in total. The Hall–Kier alpha value is -0.250. The van der Waals surface area contributed by atoms with E-state index in [1.165, 1.54) is 0 Å². The number of rotatable bonds is 8. The molecule has 0 amide bonds. The van der Waals surface area contributed by atoms with Crippen LogP contribution in [0.25, 0.3) is 0 Å². The Morgan fingerprint density at radius 3 is 2.07 bits per heavy atom. The van der Waals surface area contributed by atoms with Crippen LogP contribution in [0.2, 0.25) is 0 Å². The Morgan fingerprint density at radius 2 is 1.73 bits per heavy atom. The van der Waals surface area contributed by atoms with Gasteiger partial charge in [0.25, 0.3) is 5.91 Å². The fraction of sp³-hybridized carbons (Fsp3) is 0.889. The molecule has 0 aliphatic heterocycles. The van der Waals surface area contributed by atoms with E-state index in [1.807, 2.05) is 0 Å². The first kappa shape index (κ1) is 14.8. The Kier molecular flexibility index (Phi) is 6.98. The molecule has 0 radical (unpaired) electrons. The summed E-state index contributed by atoms with van der Waals surface area (Å²) in [6.45, 7) is 5.00. The predicted molar refractivity (Wildman–Crippen MR) is 55.7 cm³/mol. The molecule has 0 spiro atoms. The number of hydrogen-bond acceptors (Lipinski definition) is 4. The minimum Gasteiger partial charge on any atom is -0.307 e. The van der Waals surface area contributed by atoms with Crippen LogP contribution in [0, 0.1) is 0 Å². The molecule has 15 heavy (non-hydrogen) atoms. The summed E-state index contributed by atoms with van der Waals surface area (Å²) in [6.07, 6.45) is 0.558. The van der Waals surface area contributed by atoms with Gasteiger partial charge in [-0.1, -0.05) is 6.92 Å². The van der Waals surface area contributed by atoms with Crippen molar-refractivity contribution in [3.8, 4) is 0 Å². The van der Waals surface area contributed by atoms with Gasteiger partial charge in [-0.15, -0.1) is 0 Å². The summed E-state index contributed by atoms with van der Waals surface area (Å²) >= 11 is 0. The zero-order valence-electron chi connectivity index (χ0n) is 9.36. The summed E-state index contributed by atoms with van der Waals surface area (Å²) in [5, 5.41) is 0. The molecule has 0 saturated carbocycles. The molecule has 4 nitrogen and oxygen atoms in total. The van der Waals surface area contributed by atoms with Crippen LogP contribution in [-0.4, -0.2) is 24.9 Å². The van der Waals surface area contributed by atoms with Crippen LogP contribution in [0.4, 0.5) is 4.39 Å². The van der Waals surface area contributed by atoms with Crippen molar-refractivity contribution in [3.05, 3.63) is 0 Å². The van der Waals surface area contributed by atoms with E-state index in [0.717, 1.165) is 0 Å². The number of alkyl halides is 1. The first-order valence-corrected chi connectivity index (χ1v) is 6.68. The lowest BCUT2D eigenvalue weighted by atomic mass is 10.2. The van der Waals surface area contributed by atoms with Crippen LogP contribution in [0.1, 0.15) is 33.6 Å². The van der Waals surface area contributed by atoms with Crippen LogP contribution in [-0.2, 0) is 18.4 Å². The third-order valence-corrected chi connectivity index (χ3v) is 3.74.